The van der Waals surface area contributed by atoms with E-state index < -0.39 is 0 Å². The summed E-state index contributed by atoms with van der Waals surface area (Å²) >= 11 is 0. The molecule has 1 aromatic rings. The lowest BCUT2D eigenvalue weighted by atomic mass is 9.62. The van der Waals surface area contributed by atoms with Crippen molar-refractivity contribution in [2.75, 3.05) is 13.7 Å². The molecule has 150 valence electrons. The van der Waals surface area contributed by atoms with E-state index >= 15 is 0 Å². The van der Waals surface area contributed by atoms with Crippen molar-refractivity contribution in [3.05, 3.63) is 34.9 Å². The molecule has 4 nitrogen and oxygen atoms in total. The van der Waals surface area contributed by atoms with Crippen LogP contribution in [-0.2, 0) is 20.7 Å². The molecule has 4 heteroatoms. The van der Waals surface area contributed by atoms with E-state index in [2.05, 4.69) is 19.1 Å². The van der Waals surface area contributed by atoms with E-state index in [1.807, 2.05) is 6.07 Å². The minimum atomic E-state index is -0.0965. The molecule has 0 aromatic heterocycles. The molecule has 28 heavy (non-hydrogen) atoms. The lowest BCUT2D eigenvalue weighted by Gasteiger charge is -2.44. The highest BCUT2D eigenvalue weighted by Crippen LogP contribution is 2.58. The average Bonchev–Trinajstić information content (AvgIpc) is 3.03. The van der Waals surface area contributed by atoms with Crippen LogP contribution in [0, 0.1) is 11.3 Å². The van der Waals surface area contributed by atoms with Crippen molar-refractivity contribution in [1.82, 2.24) is 0 Å². The monoisotopic (exact) mass is 382 g/mol. The molecule has 0 radical (unpaired) electrons. The molecular formula is C24H30O4. The van der Waals surface area contributed by atoms with Gasteiger partial charge in [-0.15, -0.1) is 0 Å². The molecule has 0 N–H and O–H groups in total. The number of carbonyl (C=O) groups excluding carboxylic acids is 1. The Morgan fingerprint density at radius 2 is 2.04 bits per heavy atom. The van der Waals surface area contributed by atoms with Crippen LogP contribution in [0.4, 0.5) is 0 Å². The fourth-order valence-corrected chi connectivity index (χ4v) is 6.06. The Balaban J connectivity index is 1.46. The van der Waals surface area contributed by atoms with E-state index in [-0.39, 0.29) is 17.8 Å². The fraction of sp³-hybridized carbons (Fsp3) is 0.625. The van der Waals surface area contributed by atoms with Gasteiger partial charge in [-0.1, -0.05) is 18.6 Å². The molecule has 4 atom stereocenters. The summed E-state index contributed by atoms with van der Waals surface area (Å²) in [7, 11) is 1.70. The third-order valence-corrected chi connectivity index (χ3v) is 7.51. The third-order valence-electron chi connectivity index (χ3n) is 7.51. The van der Waals surface area contributed by atoms with Crippen LogP contribution in [-0.4, -0.2) is 31.9 Å². The number of ketones is 1. The molecule has 0 spiro atoms. The number of hydrogen-bond donors (Lipinski definition) is 0. The average molecular weight is 383 g/mol. The summed E-state index contributed by atoms with van der Waals surface area (Å²) in [4.78, 5) is 13.4. The van der Waals surface area contributed by atoms with E-state index in [1.165, 1.54) is 17.6 Å². The van der Waals surface area contributed by atoms with Gasteiger partial charge in [0.05, 0.1) is 13.2 Å². The Kier molecular flexibility index (Phi) is 4.59. The number of aryl methyl sites for hydroxylation is 1. The van der Waals surface area contributed by atoms with Gasteiger partial charge in [-0.2, -0.15) is 0 Å². The number of fused-ring (bicyclic) bond motifs is 4. The highest BCUT2D eigenvalue weighted by atomic mass is 16.7. The van der Waals surface area contributed by atoms with Crippen molar-refractivity contribution >= 4 is 11.4 Å². The molecule has 2 fully saturated rings. The predicted molar refractivity (Wildman–Crippen MR) is 107 cm³/mol. The Hall–Kier alpha value is -1.65. The van der Waals surface area contributed by atoms with Gasteiger partial charge >= 0.3 is 0 Å². The number of allylic oxidation sites excluding steroid dienone is 2. The molecule has 1 saturated heterocycles. The highest BCUT2D eigenvalue weighted by molar-refractivity contribution is 6.23. The van der Waals surface area contributed by atoms with Crippen LogP contribution in [0.15, 0.2) is 23.8 Å². The number of methoxy groups -OCH3 is 1. The molecule has 1 aliphatic heterocycles. The standard InChI is InChI=1S/C24H30O4/c1-24-14-20(25)23-17-9-7-16(26-2)13-15(17)6-8-18(23)19(24)10-11-21(24)28-22-5-3-4-12-27-22/h7,9,13,19,21-22H,3-6,8,10-12,14H2,1-2H3/t19-,21-,22?,24-/m0/s1. The van der Waals surface area contributed by atoms with Crippen molar-refractivity contribution in [3.8, 4) is 5.75 Å². The van der Waals surface area contributed by atoms with Gasteiger partial charge in [0.15, 0.2) is 12.1 Å². The topological polar surface area (TPSA) is 44.8 Å². The zero-order valence-corrected chi connectivity index (χ0v) is 17.0. The summed E-state index contributed by atoms with van der Waals surface area (Å²) < 4.78 is 17.7. The summed E-state index contributed by atoms with van der Waals surface area (Å²) in [6.07, 6.45) is 8.02. The van der Waals surface area contributed by atoms with Gasteiger partial charge in [-0.3, -0.25) is 4.79 Å². The second-order valence-electron chi connectivity index (χ2n) is 9.08. The minimum Gasteiger partial charge on any atom is -0.497 e. The number of ether oxygens (including phenoxy) is 3. The molecule has 0 bridgehead atoms. The third kappa shape index (κ3) is 2.84. The molecule has 1 heterocycles. The van der Waals surface area contributed by atoms with E-state index in [0.717, 1.165) is 62.0 Å². The molecule has 4 aliphatic rings. The second-order valence-corrected chi connectivity index (χ2v) is 9.08. The van der Waals surface area contributed by atoms with Gasteiger partial charge in [0, 0.05) is 24.0 Å². The summed E-state index contributed by atoms with van der Waals surface area (Å²) in [6, 6.07) is 6.17. The van der Waals surface area contributed by atoms with Gasteiger partial charge in [-0.25, -0.2) is 0 Å². The molecule has 1 unspecified atom stereocenters. The summed E-state index contributed by atoms with van der Waals surface area (Å²) in [5.41, 5.74) is 4.67. The molecule has 1 aromatic carbocycles. The fourth-order valence-electron chi connectivity index (χ4n) is 6.06. The largest absolute Gasteiger partial charge is 0.497 e. The van der Waals surface area contributed by atoms with Crippen LogP contribution < -0.4 is 4.74 Å². The van der Waals surface area contributed by atoms with Crippen LogP contribution >= 0.6 is 0 Å². The molecule has 3 aliphatic carbocycles. The molecule has 0 amide bonds. The number of Topliss-reactive ketones (excluding diaryl/α,β-unsaturated/α-hetero) is 1. The molecular weight excluding hydrogens is 352 g/mol. The second kappa shape index (κ2) is 7.00. The smallest absolute Gasteiger partial charge is 0.164 e. The molecule has 5 rings (SSSR count). The Morgan fingerprint density at radius 3 is 2.82 bits per heavy atom. The molecule has 1 saturated carbocycles. The Labute approximate surface area is 167 Å². The van der Waals surface area contributed by atoms with Crippen LogP contribution in [0.5, 0.6) is 5.75 Å². The van der Waals surface area contributed by atoms with Crippen molar-refractivity contribution in [3.63, 3.8) is 0 Å². The predicted octanol–water partition coefficient (Wildman–Crippen LogP) is 4.70. The number of rotatable bonds is 3. The quantitative estimate of drug-likeness (QED) is 0.760. The maximum Gasteiger partial charge on any atom is 0.164 e. The number of carbonyl (C=O) groups is 1. The first-order valence-electron chi connectivity index (χ1n) is 10.8. The first-order valence-corrected chi connectivity index (χ1v) is 10.8. The van der Waals surface area contributed by atoms with Crippen molar-refractivity contribution in [2.45, 2.75) is 70.7 Å². The van der Waals surface area contributed by atoms with E-state index in [4.69, 9.17) is 14.2 Å². The minimum absolute atomic E-state index is 0.0839. The Morgan fingerprint density at radius 1 is 1.14 bits per heavy atom. The van der Waals surface area contributed by atoms with Crippen LogP contribution in [0.2, 0.25) is 0 Å². The van der Waals surface area contributed by atoms with E-state index in [0.29, 0.717) is 18.1 Å². The van der Waals surface area contributed by atoms with Crippen molar-refractivity contribution in [1.29, 1.82) is 0 Å². The van der Waals surface area contributed by atoms with Crippen LogP contribution in [0.3, 0.4) is 0 Å². The van der Waals surface area contributed by atoms with Gasteiger partial charge in [0.1, 0.15) is 5.75 Å². The number of benzene rings is 1. The van der Waals surface area contributed by atoms with Crippen molar-refractivity contribution < 1.29 is 19.0 Å². The normalized spacial score (nSPS) is 34.6. The Bertz CT molecular complexity index is 820. The zero-order chi connectivity index (χ0) is 19.3. The highest BCUT2D eigenvalue weighted by Gasteiger charge is 2.54. The summed E-state index contributed by atoms with van der Waals surface area (Å²) in [5.74, 6) is 1.61. The van der Waals surface area contributed by atoms with E-state index in [9.17, 15) is 4.79 Å². The van der Waals surface area contributed by atoms with Gasteiger partial charge < -0.3 is 14.2 Å². The van der Waals surface area contributed by atoms with Crippen LogP contribution in [0.25, 0.3) is 5.57 Å². The van der Waals surface area contributed by atoms with Gasteiger partial charge in [-0.05, 0) is 74.1 Å². The number of hydrogen-bond acceptors (Lipinski definition) is 4. The first kappa shape index (κ1) is 18.4. The summed E-state index contributed by atoms with van der Waals surface area (Å²) in [5, 5.41) is 0. The lowest BCUT2D eigenvalue weighted by molar-refractivity contribution is -0.208. The zero-order valence-electron chi connectivity index (χ0n) is 17.0. The maximum absolute atomic E-state index is 13.4. The van der Waals surface area contributed by atoms with E-state index in [1.54, 1.807) is 7.11 Å². The van der Waals surface area contributed by atoms with Gasteiger partial charge in [0.2, 0.25) is 0 Å². The summed E-state index contributed by atoms with van der Waals surface area (Å²) in [6.45, 7) is 3.08. The van der Waals surface area contributed by atoms with Crippen molar-refractivity contribution in [2.24, 2.45) is 11.3 Å². The lowest BCUT2D eigenvalue weighted by Crippen LogP contribution is -2.43. The first-order chi connectivity index (χ1) is 13.6. The maximum atomic E-state index is 13.4. The van der Waals surface area contributed by atoms with Crippen LogP contribution in [0.1, 0.15) is 63.0 Å². The SMILES string of the molecule is COc1ccc2c(c1)CCC1=C2C(=O)C[C@]2(C)[C@@H](OC3CCCCO3)CC[C@@H]12. The van der Waals surface area contributed by atoms with Gasteiger partial charge in [0.25, 0.3) is 0 Å².